The van der Waals surface area contributed by atoms with Crippen molar-refractivity contribution in [2.45, 2.75) is 32.3 Å². The Balaban J connectivity index is 1.40. The summed E-state index contributed by atoms with van der Waals surface area (Å²) in [6.45, 7) is 3.68. The van der Waals surface area contributed by atoms with Crippen LogP contribution in [0, 0.1) is 16.0 Å². The highest BCUT2D eigenvalue weighted by Crippen LogP contribution is 2.25. The molecule has 1 aromatic rings. The molecule has 1 fully saturated rings. The fourth-order valence-electron chi connectivity index (χ4n) is 3.42. The topological polar surface area (TPSA) is 123 Å². The minimum absolute atomic E-state index is 0.0402. The SMILES string of the molecule is CCOC(=O)C1=NO[C@H](CNC(=O)C2CCN(c3ccc([N+](=O)[O-])cc3)CC2)C1. The molecule has 10 nitrogen and oxygen atoms in total. The van der Waals surface area contributed by atoms with Gasteiger partial charge in [0.15, 0.2) is 11.8 Å². The van der Waals surface area contributed by atoms with Crippen LogP contribution < -0.4 is 10.2 Å². The van der Waals surface area contributed by atoms with E-state index in [1.165, 1.54) is 12.1 Å². The minimum atomic E-state index is -0.486. The monoisotopic (exact) mass is 404 g/mol. The van der Waals surface area contributed by atoms with Crippen LogP contribution in [0.5, 0.6) is 0 Å². The summed E-state index contributed by atoms with van der Waals surface area (Å²) in [6.07, 6.45) is 1.34. The van der Waals surface area contributed by atoms with Crippen LogP contribution in [0.3, 0.4) is 0 Å². The molecule has 0 aromatic heterocycles. The maximum absolute atomic E-state index is 12.4. The van der Waals surface area contributed by atoms with Gasteiger partial charge in [0, 0.05) is 43.2 Å². The van der Waals surface area contributed by atoms with Crippen LogP contribution in [0.4, 0.5) is 11.4 Å². The molecular weight excluding hydrogens is 380 g/mol. The predicted octanol–water partition coefficient (Wildman–Crippen LogP) is 1.64. The summed E-state index contributed by atoms with van der Waals surface area (Å²) in [4.78, 5) is 41.7. The molecule has 0 spiro atoms. The van der Waals surface area contributed by atoms with Crippen molar-refractivity contribution in [2.24, 2.45) is 11.1 Å². The van der Waals surface area contributed by atoms with Crippen LogP contribution in [-0.4, -0.2) is 54.9 Å². The number of nitro benzene ring substituents is 1. The molecule has 0 aliphatic carbocycles. The van der Waals surface area contributed by atoms with Crippen molar-refractivity contribution in [2.75, 3.05) is 31.1 Å². The van der Waals surface area contributed by atoms with Crippen molar-refractivity contribution in [3.63, 3.8) is 0 Å². The van der Waals surface area contributed by atoms with E-state index in [-0.39, 0.29) is 42.5 Å². The smallest absolute Gasteiger partial charge is 0.356 e. The Bertz CT molecular complexity index is 786. The number of amides is 1. The number of rotatable bonds is 7. The van der Waals surface area contributed by atoms with Gasteiger partial charge in [-0.25, -0.2) is 4.79 Å². The standard InChI is InChI=1S/C19H24N4O6/c1-2-28-19(25)17-11-16(29-21-17)12-20-18(24)13-7-9-22(10-8-13)14-3-5-15(6-4-14)23(26)27/h3-6,13,16H,2,7-12H2,1H3,(H,20,24)/t16-/m0/s1. The van der Waals surface area contributed by atoms with Crippen molar-refractivity contribution in [1.29, 1.82) is 0 Å². The Morgan fingerprint density at radius 2 is 2.00 bits per heavy atom. The minimum Gasteiger partial charge on any atom is -0.461 e. The van der Waals surface area contributed by atoms with Crippen molar-refractivity contribution in [3.8, 4) is 0 Å². The van der Waals surface area contributed by atoms with E-state index in [9.17, 15) is 19.7 Å². The van der Waals surface area contributed by atoms with Gasteiger partial charge in [0.05, 0.1) is 18.1 Å². The van der Waals surface area contributed by atoms with Gasteiger partial charge in [-0.15, -0.1) is 0 Å². The third kappa shape index (κ3) is 5.21. The predicted molar refractivity (Wildman–Crippen MR) is 105 cm³/mol. The number of carbonyl (C=O) groups is 2. The van der Waals surface area contributed by atoms with Crippen LogP contribution in [0.2, 0.25) is 0 Å². The number of hydrogen-bond acceptors (Lipinski definition) is 8. The van der Waals surface area contributed by atoms with Gasteiger partial charge >= 0.3 is 5.97 Å². The highest BCUT2D eigenvalue weighted by atomic mass is 16.6. The third-order valence-corrected chi connectivity index (χ3v) is 5.04. The van der Waals surface area contributed by atoms with Crippen LogP contribution in [0.1, 0.15) is 26.2 Å². The average molecular weight is 404 g/mol. The zero-order valence-electron chi connectivity index (χ0n) is 16.2. The number of piperidine rings is 1. The zero-order chi connectivity index (χ0) is 20.8. The number of nitro groups is 1. The lowest BCUT2D eigenvalue weighted by Gasteiger charge is -2.33. The molecule has 0 saturated carbocycles. The highest BCUT2D eigenvalue weighted by Gasteiger charge is 2.29. The molecule has 156 valence electrons. The van der Waals surface area contributed by atoms with Crippen LogP contribution in [-0.2, 0) is 19.2 Å². The first kappa shape index (κ1) is 20.6. The van der Waals surface area contributed by atoms with E-state index in [2.05, 4.69) is 15.4 Å². The zero-order valence-corrected chi connectivity index (χ0v) is 16.2. The van der Waals surface area contributed by atoms with Crippen LogP contribution in [0.25, 0.3) is 0 Å². The van der Waals surface area contributed by atoms with Crippen molar-refractivity contribution < 1.29 is 24.1 Å². The van der Waals surface area contributed by atoms with E-state index >= 15 is 0 Å². The first-order chi connectivity index (χ1) is 14.0. The molecule has 0 unspecified atom stereocenters. The largest absolute Gasteiger partial charge is 0.461 e. The molecule has 0 radical (unpaired) electrons. The van der Waals surface area contributed by atoms with E-state index in [1.807, 2.05) is 0 Å². The molecule has 0 bridgehead atoms. The van der Waals surface area contributed by atoms with E-state index in [0.29, 0.717) is 32.4 Å². The van der Waals surface area contributed by atoms with E-state index in [1.54, 1.807) is 19.1 Å². The lowest BCUT2D eigenvalue weighted by atomic mass is 9.95. The molecule has 1 atom stereocenters. The number of esters is 1. The molecule has 29 heavy (non-hydrogen) atoms. The summed E-state index contributed by atoms with van der Waals surface area (Å²) in [6, 6.07) is 6.44. The summed E-state index contributed by atoms with van der Waals surface area (Å²) in [5.74, 6) is -0.627. The molecule has 10 heteroatoms. The number of carbonyl (C=O) groups excluding carboxylic acids is 2. The number of ether oxygens (including phenoxy) is 1. The number of oxime groups is 1. The normalized spacial score (nSPS) is 19.3. The Kier molecular flexibility index (Phi) is 6.63. The summed E-state index contributed by atoms with van der Waals surface area (Å²) in [7, 11) is 0. The second-order valence-corrected chi connectivity index (χ2v) is 6.97. The maximum atomic E-state index is 12.4. The Labute approximate surface area is 168 Å². The molecule has 1 saturated heterocycles. The fraction of sp³-hybridized carbons (Fsp3) is 0.526. The summed E-state index contributed by atoms with van der Waals surface area (Å²) >= 11 is 0. The Hall–Kier alpha value is -3.17. The second-order valence-electron chi connectivity index (χ2n) is 6.97. The fourth-order valence-corrected chi connectivity index (χ4v) is 3.42. The first-order valence-corrected chi connectivity index (χ1v) is 9.64. The quantitative estimate of drug-likeness (QED) is 0.416. The summed E-state index contributed by atoms with van der Waals surface area (Å²) in [5.41, 5.74) is 1.22. The highest BCUT2D eigenvalue weighted by molar-refractivity contribution is 6.36. The number of non-ortho nitro benzene ring substituents is 1. The van der Waals surface area contributed by atoms with Crippen molar-refractivity contribution in [1.82, 2.24) is 5.32 Å². The van der Waals surface area contributed by atoms with E-state index in [4.69, 9.17) is 9.57 Å². The van der Waals surface area contributed by atoms with Gasteiger partial charge in [-0.3, -0.25) is 14.9 Å². The molecule has 3 rings (SSSR count). The second kappa shape index (κ2) is 9.35. The Morgan fingerprint density at radius 3 is 2.62 bits per heavy atom. The molecule has 1 amide bonds. The number of nitrogens with one attached hydrogen (secondary N) is 1. The number of benzene rings is 1. The van der Waals surface area contributed by atoms with Crippen LogP contribution >= 0.6 is 0 Å². The third-order valence-electron chi connectivity index (χ3n) is 5.04. The van der Waals surface area contributed by atoms with Gasteiger partial charge in [-0.05, 0) is 31.9 Å². The summed E-state index contributed by atoms with van der Waals surface area (Å²) in [5, 5.41) is 17.4. The number of hydrogen-bond donors (Lipinski definition) is 1. The molecule has 1 N–H and O–H groups in total. The van der Waals surface area contributed by atoms with Crippen LogP contribution in [0.15, 0.2) is 29.4 Å². The Morgan fingerprint density at radius 1 is 1.31 bits per heavy atom. The number of anilines is 1. The molecule has 2 heterocycles. The lowest BCUT2D eigenvalue weighted by Crippen LogP contribution is -2.42. The summed E-state index contributed by atoms with van der Waals surface area (Å²) < 4.78 is 4.88. The van der Waals surface area contributed by atoms with Gasteiger partial charge in [-0.1, -0.05) is 5.16 Å². The van der Waals surface area contributed by atoms with Gasteiger partial charge in [0.2, 0.25) is 5.91 Å². The van der Waals surface area contributed by atoms with E-state index < -0.39 is 10.9 Å². The van der Waals surface area contributed by atoms with Crippen molar-refractivity contribution >= 4 is 29.0 Å². The molecule has 2 aliphatic heterocycles. The maximum Gasteiger partial charge on any atom is 0.356 e. The van der Waals surface area contributed by atoms with Gasteiger partial charge in [0.1, 0.15) is 0 Å². The van der Waals surface area contributed by atoms with E-state index in [0.717, 1.165) is 5.69 Å². The average Bonchev–Trinajstić information content (AvgIpc) is 3.22. The van der Waals surface area contributed by atoms with Gasteiger partial charge in [0.25, 0.3) is 5.69 Å². The first-order valence-electron chi connectivity index (χ1n) is 9.64. The molecular formula is C19H24N4O6. The van der Waals surface area contributed by atoms with Gasteiger partial charge in [-0.2, -0.15) is 0 Å². The van der Waals surface area contributed by atoms with Gasteiger partial charge < -0.3 is 19.8 Å². The van der Waals surface area contributed by atoms with Crippen molar-refractivity contribution in [3.05, 3.63) is 34.4 Å². The molecule has 1 aromatic carbocycles. The molecule has 2 aliphatic rings. The lowest BCUT2D eigenvalue weighted by molar-refractivity contribution is -0.384. The number of nitrogens with zero attached hydrogens (tertiary/aromatic N) is 3.